The third-order valence-corrected chi connectivity index (χ3v) is 4.82. The van der Waals surface area contributed by atoms with Gasteiger partial charge in [-0.2, -0.15) is 8.78 Å². The van der Waals surface area contributed by atoms with Crippen LogP contribution in [0.15, 0.2) is 42.5 Å². The molecule has 3 rings (SSSR count). The maximum atomic E-state index is 12.6. The number of nitrogens with zero attached hydrogens (tertiary/aromatic N) is 1. The minimum atomic E-state index is -3.00. The molecule has 0 spiro atoms. The molecule has 29 heavy (non-hydrogen) atoms. The fraction of sp³-hybridized carbons (Fsp3) is 0.300. The Morgan fingerprint density at radius 3 is 2.62 bits per heavy atom. The normalized spacial score (nSPS) is 16.2. The summed E-state index contributed by atoms with van der Waals surface area (Å²) in [4.78, 5) is 26.6. The van der Waals surface area contributed by atoms with Crippen LogP contribution in [0.1, 0.15) is 12.0 Å². The molecule has 2 amide bonds. The smallest absolute Gasteiger partial charge is 0.387 e. The van der Waals surface area contributed by atoms with Crippen molar-refractivity contribution >= 4 is 29.1 Å². The van der Waals surface area contributed by atoms with Gasteiger partial charge in [-0.1, -0.05) is 17.7 Å². The Bertz CT molecular complexity index is 893. The fourth-order valence-corrected chi connectivity index (χ4v) is 3.26. The first kappa shape index (κ1) is 20.9. The summed E-state index contributed by atoms with van der Waals surface area (Å²) in [6.45, 7) is -2.51. The zero-order valence-corrected chi connectivity index (χ0v) is 16.3. The highest BCUT2D eigenvalue weighted by Crippen LogP contribution is 2.30. The molecule has 1 saturated heterocycles. The van der Waals surface area contributed by atoms with E-state index in [2.05, 4.69) is 10.1 Å². The number of anilines is 1. The van der Waals surface area contributed by atoms with Gasteiger partial charge in [-0.15, -0.1) is 0 Å². The number of halogens is 3. The van der Waals surface area contributed by atoms with Crippen LogP contribution in [-0.2, 0) is 16.1 Å². The van der Waals surface area contributed by atoms with E-state index in [4.69, 9.17) is 16.3 Å². The van der Waals surface area contributed by atoms with Crippen LogP contribution in [0.2, 0.25) is 5.02 Å². The zero-order valence-electron chi connectivity index (χ0n) is 15.5. The summed E-state index contributed by atoms with van der Waals surface area (Å²) in [6, 6.07) is 11.3. The molecule has 2 aromatic rings. The molecule has 1 heterocycles. The van der Waals surface area contributed by atoms with E-state index in [0.717, 1.165) is 0 Å². The molecule has 9 heteroatoms. The molecular weight excluding hydrogens is 406 g/mol. The van der Waals surface area contributed by atoms with E-state index in [1.807, 2.05) is 0 Å². The number of hydrogen-bond donors (Lipinski definition) is 1. The summed E-state index contributed by atoms with van der Waals surface area (Å²) in [5, 5.41) is 3.24. The van der Waals surface area contributed by atoms with Crippen LogP contribution in [0.3, 0.4) is 0 Å². The van der Waals surface area contributed by atoms with Gasteiger partial charge >= 0.3 is 6.61 Å². The van der Waals surface area contributed by atoms with Gasteiger partial charge in [-0.25, -0.2) is 0 Å². The van der Waals surface area contributed by atoms with Crippen molar-refractivity contribution in [3.05, 3.63) is 53.1 Å². The standard InChI is InChI=1S/C20H19ClF2N2O4/c1-28-16-7-2-12(10-17(16)29-20(22)23)11-24-18(26)15-8-9-25(19(15)27)14-5-3-13(21)4-6-14/h2-7,10,15,20H,8-9,11H2,1H3,(H,24,26). The number of carbonyl (C=O) groups is 2. The van der Waals surface area contributed by atoms with Gasteiger partial charge in [0.15, 0.2) is 11.5 Å². The third-order valence-electron chi connectivity index (χ3n) is 4.57. The second kappa shape index (κ2) is 9.09. The number of carbonyl (C=O) groups excluding carboxylic acids is 2. The number of ether oxygens (including phenoxy) is 2. The van der Waals surface area contributed by atoms with Gasteiger partial charge < -0.3 is 19.7 Å². The van der Waals surface area contributed by atoms with E-state index in [0.29, 0.717) is 29.2 Å². The van der Waals surface area contributed by atoms with Crippen LogP contribution in [-0.4, -0.2) is 32.1 Å². The lowest BCUT2D eigenvalue weighted by Crippen LogP contribution is -2.36. The van der Waals surface area contributed by atoms with Crippen molar-refractivity contribution in [3.63, 3.8) is 0 Å². The summed E-state index contributed by atoms with van der Waals surface area (Å²) in [6.07, 6.45) is 0.385. The second-order valence-electron chi connectivity index (χ2n) is 6.39. The molecule has 154 valence electrons. The topological polar surface area (TPSA) is 67.9 Å². The van der Waals surface area contributed by atoms with Gasteiger partial charge in [0.05, 0.1) is 7.11 Å². The van der Waals surface area contributed by atoms with E-state index in [-0.39, 0.29) is 24.0 Å². The number of nitrogens with one attached hydrogen (secondary N) is 1. The molecule has 0 saturated carbocycles. The van der Waals surface area contributed by atoms with Crippen LogP contribution in [0, 0.1) is 5.92 Å². The molecule has 0 bridgehead atoms. The van der Waals surface area contributed by atoms with Crippen molar-refractivity contribution in [1.82, 2.24) is 5.32 Å². The van der Waals surface area contributed by atoms with Crippen LogP contribution in [0.5, 0.6) is 11.5 Å². The van der Waals surface area contributed by atoms with Crippen LogP contribution < -0.4 is 19.7 Å². The molecule has 6 nitrogen and oxygen atoms in total. The highest BCUT2D eigenvalue weighted by molar-refractivity contribution is 6.30. The Labute approximate surface area is 171 Å². The van der Waals surface area contributed by atoms with Gasteiger partial charge in [0.25, 0.3) is 0 Å². The molecule has 1 atom stereocenters. The highest BCUT2D eigenvalue weighted by Gasteiger charge is 2.37. The van der Waals surface area contributed by atoms with Crippen molar-refractivity contribution in [3.8, 4) is 11.5 Å². The van der Waals surface area contributed by atoms with E-state index in [9.17, 15) is 18.4 Å². The molecule has 1 aliphatic heterocycles. The average Bonchev–Trinajstić information content (AvgIpc) is 3.08. The summed E-state index contributed by atoms with van der Waals surface area (Å²) < 4.78 is 34.5. The Kier molecular flexibility index (Phi) is 6.53. The van der Waals surface area contributed by atoms with Gasteiger partial charge in [-0.3, -0.25) is 9.59 Å². The summed E-state index contributed by atoms with van der Waals surface area (Å²) in [7, 11) is 1.34. The number of alkyl halides is 2. The van der Waals surface area contributed by atoms with Gasteiger partial charge in [0.1, 0.15) is 5.92 Å². The summed E-state index contributed by atoms with van der Waals surface area (Å²) in [5.41, 5.74) is 1.22. The average molecular weight is 425 g/mol. The van der Waals surface area contributed by atoms with E-state index < -0.39 is 18.4 Å². The Balaban J connectivity index is 1.62. The highest BCUT2D eigenvalue weighted by atomic mass is 35.5. The Morgan fingerprint density at radius 2 is 1.97 bits per heavy atom. The first-order valence-corrected chi connectivity index (χ1v) is 9.23. The predicted molar refractivity (Wildman–Crippen MR) is 103 cm³/mol. The molecular formula is C20H19ClF2N2O4. The fourth-order valence-electron chi connectivity index (χ4n) is 3.13. The molecule has 0 radical (unpaired) electrons. The van der Waals surface area contributed by atoms with Gasteiger partial charge in [0.2, 0.25) is 11.8 Å². The molecule has 2 aromatic carbocycles. The number of rotatable bonds is 7. The van der Waals surface area contributed by atoms with Crippen molar-refractivity contribution in [2.24, 2.45) is 5.92 Å². The second-order valence-corrected chi connectivity index (χ2v) is 6.83. The van der Waals surface area contributed by atoms with Gasteiger partial charge in [-0.05, 0) is 48.4 Å². The lowest BCUT2D eigenvalue weighted by Gasteiger charge is -2.17. The van der Waals surface area contributed by atoms with Crippen LogP contribution in [0.4, 0.5) is 14.5 Å². The van der Waals surface area contributed by atoms with Crippen LogP contribution >= 0.6 is 11.6 Å². The zero-order chi connectivity index (χ0) is 21.0. The SMILES string of the molecule is COc1ccc(CNC(=O)C2CCN(c3ccc(Cl)cc3)C2=O)cc1OC(F)F. The number of benzene rings is 2. The van der Waals surface area contributed by atoms with E-state index in [1.54, 1.807) is 35.2 Å². The monoisotopic (exact) mass is 424 g/mol. The van der Waals surface area contributed by atoms with E-state index >= 15 is 0 Å². The van der Waals surface area contributed by atoms with Crippen molar-refractivity contribution in [1.29, 1.82) is 0 Å². The Hall–Kier alpha value is -2.87. The lowest BCUT2D eigenvalue weighted by molar-refractivity contribution is -0.132. The first-order valence-electron chi connectivity index (χ1n) is 8.85. The first-order chi connectivity index (χ1) is 13.9. The minimum Gasteiger partial charge on any atom is -0.493 e. The number of amides is 2. The quantitative estimate of drug-likeness (QED) is 0.689. The van der Waals surface area contributed by atoms with E-state index in [1.165, 1.54) is 19.2 Å². The number of hydrogen-bond acceptors (Lipinski definition) is 4. The minimum absolute atomic E-state index is 0.0626. The molecule has 1 N–H and O–H groups in total. The summed E-state index contributed by atoms with van der Waals surface area (Å²) in [5.74, 6) is -1.48. The molecule has 0 aromatic heterocycles. The molecule has 1 unspecified atom stereocenters. The summed E-state index contributed by atoms with van der Waals surface area (Å²) >= 11 is 5.87. The maximum Gasteiger partial charge on any atom is 0.387 e. The third kappa shape index (κ3) is 4.95. The van der Waals surface area contributed by atoms with Crippen molar-refractivity contribution < 1.29 is 27.8 Å². The molecule has 1 aliphatic rings. The predicted octanol–water partition coefficient (Wildman–Crippen LogP) is 3.62. The largest absolute Gasteiger partial charge is 0.493 e. The molecule has 1 fully saturated rings. The lowest BCUT2D eigenvalue weighted by atomic mass is 10.1. The van der Waals surface area contributed by atoms with Crippen LogP contribution in [0.25, 0.3) is 0 Å². The Morgan fingerprint density at radius 1 is 1.24 bits per heavy atom. The number of methoxy groups -OCH3 is 1. The van der Waals surface area contributed by atoms with Crippen molar-refractivity contribution in [2.75, 3.05) is 18.6 Å². The van der Waals surface area contributed by atoms with Gasteiger partial charge in [0, 0.05) is 23.8 Å². The molecule has 0 aliphatic carbocycles. The van der Waals surface area contributed by atoms with Crippen molar-refractivity contribution in [2.45, 2.75) is 19.6 Å². The maximum absolute atomic E-state index is 12.6.